The maximum Gasteiger partial charge on any atom is 0.340 e. The molecular formula is C20H24N2O3. The van der Waals surface area contributed by atoms with E-state index < -0.39 is 5.97 Å². The van der Waals surface area contributed by atoms with Crippen molar-refractivity contribution in [2.45, 2.75) is 39.2 Å². The molecule has 0 aliphatic heterocycles. The number of aryl methyl sites for hydroxylation is 1. The van der Waals surface area contributed by atoms with E-state index in [0.29, 0.717) is 18.2 Å². The van der Waals surface area contributed by atoms with Gasteiger partial charge in [0, 0.05) is 24.0 Å². The fourth-order valence-electron chi connectivity index (χ4n) is 3.13. The first-order chi connectivity index (χ1) is 12.1. The highest BCUT2D eigenvalue weighted by atomic mass is 16.5. The zero-order chi connectivity index (χ0) is 17.8. The second-order valence-corrected chi connectivity index (χ2v) is 6.55. The summed E-state index contributed by atoms with van der Waals surface area (Å²) < 4.78 is 7.37. The van der Waals surface area contributed by atoms with E-state index in [9.17, 15) is 9.59 Å². The van der Waals surface area contributed by atoms with Crippen LogP contribution in [0.4, 0.5) is 0 Å². The lowest BCUT2D eigenvalue weighted by Gasteiger charge is -2.08. The Morgan fingerprint density at radius 1 is 1.20 bits per heavy atom. The van der Waals surface area contributed by atoms with Crippen molar-refractivity contribution >= 4 is 11.9 Å². The van der Waals surface area contributed by atoms with Crippen LogP contribution in [0.25, 0.3) is 0 Å². The van der Waals surface area contributed by atoms with Crippen LogP contribution < -0.4 is 5.32 Å². The van der Waals surface area contributed by atoms with Gasteiger partial charge < -0.3 is 14.6 Å². The summed E-state index contributed by atoms with van der Waals surface area (Å²) in [5.41, 5.74) is 3.71. The molecule has 5 nitrogen and oxygen atoms in total. The molecule has 1 aliphatic rings. The quantitative estimate of drug-likeness (QED) is 0.788. The predicted octanol–water partition coefficient (Wildman–Crippen LogP) is 2.96. The molecule has 0 saturated heterocycles. The molecule has 132 valence electrons. The standard InChI is InChI=1S/C20H24N2O3/c1-14-12-18(15(2)22(14)17-8-9-17)20(24)25-13-19(23)21-11-10-16-6-4-3-5-7-16/h3-7,12,17H,8-11,13H2,1-2H3,(H,21,23). The van der Waals surface area contributed by atoms with Crippen molar-refractivity contribution in [3.8, 4) is 0 Å². The van der Waals surface area contributed by atoms with E-state index in [-0.39, 0.29) is 12.5 Å². The molecular weight excluding hydrogens is 316 g/mol. The summed E-state index contributed by atoms with van der Waals surface area (Å²) >= 11 is 0. The molecule has 3 rings (SSSR count). The Kier molecular flexibility index (Phi) is 5.22. The van der Waals surface area contributed by atoms with Gasteiger partial charge in [0.15, 0.2) is 6.61 Å². The zero-order valence-corrected chi connectivity index (χ0v) is 14.7. The summed E-state index contributed by atoms with van der Waals surface area (Å²) in [5.74, 6) is -0.710. The van der Waals surface area contributed by atoms with Gasteiger partial charge >= 0.3 is 5.97 Å². The third kappa shape index (κ3) is 4.29. The Hall–Kier alpha value is -2.56. The van der Waals surface area contributed by atoms with Gasteiger partial charge in [0.1, 0.15) is 0 Å². The Bertz CT molecular complexity index is 761. The highest BCUT2D eigenvalue weighted by Crippen LogP contribution is 2.38. The predicted molar refractivity (Wildman–Crippen MR) is 95.6 cm³/mol. The number of hydrogen-bond acceptors (Lipinski definition) is 3. The van der Waals surface area contributed by atoms with Crippen molar-refractivity contribution in [1.29, 1.82) is 0 Å². The molecule has 1 aliphatic carbocycles. The third-order valence-corrected chi connectivity index (χ3v) is 4.53. The van der Waals surface area contributed by atoms with Gasteiger partial charge in [0.05, 0.1) is 5.56 Å². The fraction of sp³-hybridized carbons (Fsp3) is 0.400. The number of amides is 1. The van der Waals surface area contributed by atoms with Crippen molar-refractivity contribution in [3.05, 3.63) is 58.9 Å². The Balaban J connectivity index is 1.46. The summed E-state index contributed by atoms with van der Waals surface area (Å²) in [5, 5.41) is 2.78. The van der Waals surface area contributed by atoms with E-state index in [1.54, 1.807) is 0 Å². The lowest BCUT2D eigenvalue weighted by molar-refractivity contribution is -0.124. The smallest absolute Gasteiger partial charge is 0.340 e. The number of rotatable bonds is 7. The molecule has 0 radical (unpaired) electrons. The molecule has 0 unspecified atom stereocenters. The molecule has 1 amide bonds. The minimum atomic E-state index is -0.432. The van der Waals surface area contributed by atoms with Crippen molar-refractivity contribution < 1.29 is 14.3 Å². The Labute approximate surface area is 148 Å². The average Bonchev–Trinajstić information content (AvgIpc) is 3.39. The third-order valence-electron chi connectivity index (χ3n) is 4.53. The van der Waals surface area contributed by atoms with Gasteiger partial charge in [-0.25, -0.2) is 4.79 Å². The fourth-order valence-corrected chi connectivity index (χ4v) is 3.13. The lowest BCUT2D eigenvalue weighted by Crippen LogP contribution is -2.30. The van der Waals surface area contributed by atoms with Crippen molar-refractivity contribution in [2.75, 3.05) is 13.2 Å². The van der Waals surface area contributed by atoms with Crippen molar-refractivity contribution in [2.24, 2.45) is 0 Å². The van der Waals surface area contributed by atoms with E-state index >= 15 is 0 Å². The SMILES string of the molecule is Cc1cc(C(=O)OCC(=O)NCCc2ccccc2)c(C)n1C1CC1. The van der Waals surface area contributed by atoms with Crippen molar-refractivity contribution in [3.63, 3.8) is 0 Å². The van der Waals surface area contributed by atoms with Gasteiger partial charge in [-0.2, -0.15) is 0 Å². The minimum absolute atomic E-state index is 0.249. The Morgan fingerprint density at radius 2 is 1.92 bits per heavy atom. The van der Waals surface area contributed by atoms with Crippen LogP contribution in [-0.4, -0.2) is 29.6 Å². The number of esters is 1. The van der Waals surface area contributed by atoms with E-state index in [1.165, 1.54) is 0 Å². The van der Waals surface area contributed by atoms with Crippen LogP contribution in [0.15, 0.2) is 36.4 Å². The molecule has 1 heterocycles. The largest absolute Gasteiger partial charge is 0.452 e. The summed E-state index contributed by atoms with van der Waals surface area (Å²) in [4.78, 5) is 24.1. The van der Waals surface area contributed by atoms with Gasteiger partial charge in [-0.05, 0) is 44.7 Å². The first-order valence-corrected chi connectivity index (χ1v) is 8.72. The van der Waals surface area contributed by atoms with Crippen LogP contribution in [0.5, 0.6) is 0 Å². The van der Waals surface area contributed by atoms with E-state index in [4.69, 9.17) is 4.74 Å². The molecule has 1 aromatic carbocycles. The van der Waals surface area contributed by atoms with Crippen LogP contribution in [-0.2, 0) is 16.0 Å². The zero-order valence-electron chi connectivity index (χ0n) is 14.7. The molecule has 2 aromatic rings. The molecule has 25 heavy (non-hydrogen) atoms. The van der Waals surface area contributed by atoms with Crippen molar-refractivity contribution in [1.82, 2.24) is 9.88 Å². The van der Waals surface area contributed by atoms with Gasteiger partial charge in [-0.15, -0.1) is 0 Å². The maximum absolute atomic E-state index is 12.3. The molecule has 5 heteroatoms. The summed E-state index contributed by atoms with van der Waals surface area (Å²) in [6, 6.07) is 12.3. The van der Waals surface area contributed by atoms with E-state index in [0.717, 1.165) is 36.2 Å². The minimum Gasteiger partial charge on any atom is -0.452 e. The lowest BCUT2D eigenvalue weighted by atomic mass is 10.1. The topological polar surface area (TPSA) is 60.3 Å². The Morgan fingerprint density at radius 3 is 2.60 bits per heavy atom. The average molecular weight is 340 g/mol. The summed E-state index contributed by atoms with van der Waals surface area (Å²) in [6.45, 7) is 4.21. The van der Waals surface area contributed by atoms with Crippen LogP contribution in [0.1, 0.15) is 46.2 Å². The second kappa shape index (κ2) is 7.55. The van der Waals surface area contributed by atoms with Gasteiger partial charge in [0.25, 0.3) is 5.91 Å². The number of aromatic nitrogens is 1. The van der Waals surface area contributed by atoms with Gasteiger partial charge in [-0.3, -0.25) is 4.79 Å². The van der Waals surface area contributed by atoms with Crippen LogP contribution in [0.2, 0.25) is 0 Å². The molecule has 0 atom stereocenters. The summed E-state index contributed by atoms with van der Waals surface area (Å²) in [6.07, 6.45) is 3.08. The second-order valence-electron chi connectivity index (χ2n) is 6.55. The monoisotopic (exact) mass is 340 g/mol. The van der Waals surface area contributed by atoms with Crippen LogP contribution in [0, 0.1) is 13.8 Å². The molecule has 0 spiro atoms. The number of hydrogen-bond donors (Lipinski definition) is 1. The van der Waals surface area contributed by atoms with E-state index in [2.05, 4.69) is 9.88 Å². The number of carbonyl (C=O) groups excluding carboxylic acids is 2. The van der Waals surface area contributed by atoms with E-state index in [1.807, 2.05) is 50.2 Å². The highest BCUT2D eigenvalue weighted by Gasteiger charge is 2.28. The van der Waals surface area contributed by atoms with Gasteiger partial charge in [-0.1, -0.05) is 30.3 Å². The number of benzene rings is 1. The normalized spacial score (nSPS) is 13.5. The number of nitrogens with one attached hydrogen (secondary N) is 1. The molecule has 1 fully saturated rings. The van der Waals surface area contributed by atoms with Gasteiger partial charge in [0.2, 0.25) is 0 Å². The first-order valence-electron chi connectivity index (χ1n) is 8.72. The molecule has 0 bridgehead atoms. The summed E-state index contributed by atoms with van der Waals surface area (Å²) in [7, 11) is 0. The maximum atomic E-state index is 12.3. The molecule has 1 aromatic heterocycles. The van der Waals surface area contributed by atoms with Crippen LogP contribution >= 0.6 is 0 Å². The highest BCUT2D eigenvalue weighted by molar-refractivity contribution is 5.92. The van der Waals surface area contributed by atoms with Crippen LogP contribution in [0.3, 0.4) is 0 Å². The molecule has 1 N–H and O–H groups in total. The first kappa shape index (κ1) is 17.3. The number of nitrogens with zero attached hydrogens (tertiary/aromatic N) is 1. The number of carbonyl (C=O) groups is 2. The number of ether oxygens (including phenoxy) is 1. The molecule has 1 saturated carbocycles.